The van der Waals surface area contributed by atoms with Crippen LogP contribution >= 0.6 is 15.9 Å². The van der Waals surface area contributed by atoms with E-state index in [1.54, 1.807) is 12.3 Å². The van der Waals surface area contributed by atoms with Gasteiger partial charge in [0.15, 0.2) is 11.6 Å². The summed E-state index contributed by atoms with van der Waals surface area (Å²) in [4.78, 5) is 4.25. The SMILES string of the molecule is CCOc1ccc(CNc2cc(C)c(Br)cn2)cc1F. The molecule has 0 atom stereocenters. The summed E-state index contributed by atoms with van der Waals surface area (Å²) >= 11 is 3.40. The first-order chi connectivity index (χ1) is 9.60. The Labute approximate surface area is 126 Å². The van der Waals surface area contributed by atoms with Crippen molar-refractivity contribution in [3.63, 3.8) is 0 Å². The molecule has 3 nitrogen and oxygen atoms in total. The number of hydrogen-bond acceptors (Lipinski definition) is 3. The van der Waals surface area contributed by atoms with E-state index in [2.05, 4.69) is 26.2 Å². The zero-order valence-electron chi connectivity index (χ0n) is 11.4. The van der Waals surface area contributed by atoms with E-state index in [0.29, 0.717) is 13.2 Å². The number of nitrogens with one attached hydrogen (secondary N) is 1. The monoisotopic (exact) mass is 338 g/mol. The third kappa shape index (κ3) is 3.70. The van der Waals surface area contributed by atoms with Gasteiger partial charge in [0.1, 0.15) is 5.82 Å². The molecule has 0 fully saturated rings. The molecule has 5 heteroatoms. The Balaban J connectivity index is 2.03. The maximum absolute atomic E-state index is 13.7. The van der Waals surface area contributed by atoms with Crippen molar-refractivity contribution >= 4 is 21.7 Å². The number of anilines is 1. The number of aryl methyl sites for hydroxylation is 1. The molecule has 1 aromatic heterocycles. The third-order valence-corrected chi connectivity index (χ3v) is 3.65. The molecule has 2 aromatic rings. The van der Waals surface area contributed by atoms with E-state index in [0.717, 1.165) is 21.4 Å². The fourth-order valence-corrected chi connectivity index (χ4v) is 1.97. The van der Waals surface area contributed by atoms with Crippen LogP contribution in [0.15, 0.2) is 34.9 Å². The summed E-state index contributed by atoms with van der Waals surface area (Å²) in [7, 11) is 0. The van der Waals surface area contributed by atoms with Crippen molar-refractivity contribution in [1.29, 1.82) is 0 Å². The second-order valence-electron chi connectivity index (χ2n) is 4.37. The predicted molar refractivity (Wildman–Crippen MR) is 81.6 cm³/mol. The van der Waals surface area contributed by atoms with Gasteiger partial charge in [-0.05, 0) is 59.1 Å². The molecule has 0 saturated heterocycles. The molecule has 0 aliphatic heterocycles. The van der Waals surface area contributed by atoms with Gasteiger partial charge in [-0.3, -0.25) is 0 Å². The molecular formula is C15H16BrFN2O. The van der Waals surface area contributed by atoms with E-state index in [4.69, 9.17) is 4.74 Å². The van der Waals surface area contributed by atoms with Crippen LogP contribution < -0.4 is 10.1 Å². The Morgan fingerprint density at radius 3 is 2.80 bits per heavy atom. The fraction of sp³-hybridized carbons (Fsp3) is 0.267. The van der Waals surface area contributed by atoms with Gasteiger partial charge in [-0.15, -0.1) is 0 Å². The number of benzene rings is 1. The Morgan fingerprint density at radius 2 is 2.15 bits per heavy atom. The molecule has 1 N–H and O–H groups in total. The number of halogens is 2. The van der Waals surface area contributed by atoms with Gasteiger partial charge in [0.25, 0.3) is 0 Å². The first kappa shape index (κ1) is 14.8. The molecular weight excluding hydrogens is 323 g/mol. The summed E-state index contributed by atoms with van der Waals surface area (Å²) in [6.45, 7) is 4.79. The minimum absolute atomic E-state index is 0.286. The molecule has 20 heavy (non-hydrogen) atoms. The van der Waals surface area contributed by atoms with Gasteiger partial charge in [0.2, 0.25) is 0 Å². The lowest BCUT2D eigenvalue weighted by Crippen LogP contribution is -2.03. The maximum atomic E-state index is 13.7. The lowest BCUT2D eigenvalue weighted by atomic mass is 10.2. The lowest BCUT2D eigenvalue weighted by molar-refractivity contribution is 0.321. The molecule has 0 aliphatic rings. The molecule has 0 saturated carbocycles. The fourth-order valence-electron chi connectivity index (χ4n) is 1.76. The van der Waals surface area contributed by atoms with E-state index in [1.807, 2.05) is 26.0 Å². The molecule has 2 rings (SSSR count). The van der Waals surface area contributed by atoms with Crippen LogP contribution in [-0.2, 0) is 6.54 Å². The summed E-state index contributed by atoms with van der Waals surface area (Å²) in [5.74, 6) is 0.708. The first-order valence-corrected chi connectivity index (χ1v) is 7.16. The summed E-state index contributed by atoms with van der Waals surface area (Å²) in [6.07, 6.45) is 1.75. The van der Waals surface area contributed by atoms with Gasteiger partial charge in [0, 0.05) is 17.2 Å². The average Bonchev–Trinajstić information content (AvgIpc) is 2.43. The third-order valence-electron chi connectivity index (χ3n) is 2.82. The van der Waals surface area contributed by atoms with E-state index < -0.39 is 0 Å². The van der Waals surface area contributed by atoms with Gasteiger partial charge in [0.05, 0.1) is 6.61 Å². The minimum Gasteiger partial charge on any atom is -0.491 e. The van der Waals surface area contributed by atoms with Crippen LogP contribution in [0, 0.1) is 12.7 Å². The smallest absolute Gasteiger partial charge is 0.165 e. The standard InChI is InChI=1S/C15H16BrFN2O/c1-3-20-14-5-4-11(7-13(14)17)8-18-15-6-10(2)12(16)9-19-15/h4-7,9H,3,8H2,1-2H3,(H,18,19). The van der Waals surface area contributed by atoms with Crippen molar-refractivity contribution in [2.24, 2.45) is 0 Å². The highest BCUT2D eigenvalue weighted by molar-refractivity contribution is 9.10. The van der Waals surface area contributed by atoms with Crippen LogP contribution in [0.4, 0.5) is 10.2 Å². The number of ether oxygens (including phenoxy) is 1. The van der Waals surface area contributed by atoms with E-state index in [9.17, 15) is 4.39 Å². The van der Waals surface area contributed by atoms with E-state index in [1.165, 1.54) is 6.07 Å². The van der Waals surface area contributed by atoms with E-state index >= 15 is 0 Å². The van der Waals surface area contributed by atoms with Gasteiger partial charge < -0.3 is 10.1 Å². The zero-order valence-corrected chi connectivity index (χ0v) is 13.0. The molecule has 0 spiro atoms. The highest BCUT2D eigenvalue weighted by atomic mass is 79.9. The number of nitrogens with zero attached hydrogens (tertiary/aromatic N) is 1. The van der Waals surface area contributed by atoms with Gasteiger partial charge in [-0.1, -0.05) is 6.07 Å². The van der Waals surface area contributed by atoms with Crippen molar-refractivity contribution in [2.75, 3.05) is 11.9 Å². The van der Waals surface area contributed by atoms with Crippen molar-refractivity contribution in [3.05, 3.63) is 51.9 Å². The van der Waals surface area contributed by atoms with Crippen LogP contribution in [0.2, 0.25) is 0 Å². The molecule has 1 heterocycles. The minimum atomic E-state index is -0.342. The highest BCUT2D eigenvalue weighted by Crippen LogP contribution is 2.20. The Bertz CT molecular complexity index is 604. The molecule has 0 radical (unpaired) electrons. The van der Waals surface area contributed by atoms with Gasteiger partial charge in [-0.2, -0.15) is 0 Å². The van der Waals surface area contributed by atoms with Crippen LogP contribution in [0.5, 0.6) is 5.75 Å². The lowest BCUT2D eigenvalue weighted by Gasteiger charge is -2.09. The predicted octanol–water partition coefficient (Wildman–Crippen LogP) is 4.30. The normalized spacial score (nSPS) is 10.4. The molecule has 0 amide bonds. The Kier molecular flexibility index (Phi) is 4.95. The number of rotatable bonds is 5. The summed E-state index contributed by atoms with van der Waals surface area (Å²) < 4.78 is 19.8. The van der Waals surface area contributed by atoms with Crippen molar-refractivity contribution in [2.45, 2.75) is 20.4 Å². The number of aromatic nitrogens is 1. The molecule has 106 valence electrons. The molecule has 0 unspecified atom stereocenters. The Hall–Kier alpha value is -1.62. The number of pyridine rings is 1. The second-order valence-corrected chi connectivity index (χ2v) is 5.22. The summed E-state index contributed by atoms with van der Waals surface area (Å²) in [6, 6.07) is 6.90. The quantitative estimate of drug-likeness (QED) is 0.882. The highest BCUT2D eigenvalue weighted by Gasteiger charge is 2.05. The average molecular weight is 339 g/mol. The van der Waals surface area contributed by atoms with Gasteiger partial charge >= 0.3 is 0 Å². The first-order valence-electron chi connectivity index (χ1n) is 6.37. The molecule has 1 aromatic carbocycles. The van der Waals surface area contributed by atoms with Crippen molar-refractivity contribution in [3.8, 4) is 5.75 Å². The Morgan fingerprint density at radius 1 is 1.35 bits per heavy atom. The van der Waals surface area contributed by atoms with Crippen LogP contribution in [0.3, 0.4) is 0 Å². The second kappa shape index (κ2) is 6.70. The maximum Gasteiger partial charge on any atom is 0.165 e. The largest absolute Gasteiger partial charge is 0.491 e. The van der Waals surface area contributed by atoms with Crippen molar-refractivity contribution in [1.82, 2.24) is 4.98 Å². The summed E-state index contributed by atoms with van der Waals surface area (Å²) in [5.41, 5.74) is 1.94. The van der Waals surface area contributed by atoms with E-state index in [-0.39, 0.29) is 11.6 Å². The molecule has 0 bridgehead atoms. The van der Waals surface area contributed by atoms with Crippen LogP contribution in [0.25, 0.3) is 0 Å². The van der Waals surface area contributed by atoms with Crippen LogP contribution in [-0.4, -0.2) is 11.6 Å². The van der Waals surface area contributed by atoms with Gasteiger partial charge in [-0.25, -0.2) is 9.37 Å². The number of hydrogen-bond donors (Lipinski definition) is 1. The zero-order chi connectivity index (χ0) is 14.5. The molecule has 0 aliphatic carbocycles. The van der Waals surface area contributed by atoms with Crippen LogP contribution in [0.1, 0.15) is 18.1 Å². The summed E-state index contributed by atoms with van der Waals surface area (Å²) in [5, 5.41) is 3.17. The van der Waals surface area contributed by atoms with Crippen molar-refractivity contribution < 1.29 is 9.13 Å². The topological polar surface area (TPSA) is 34.1 Å².